The first kappa shape index (κ1) is 22.1. The van der Waals surface area contributed by atoms with Crippen molar-refractivity contribution in [3.05, 3.63) is 28.8 Å². The Kier molecular flexibility index (Phi) is 7.49. The van der Waals surface area contributed by atoms with Crippen LogP contribution in [-0.2, 0) is 14.3 Å². The maximum Gasteiger partial charge on any atom is 0.261 e. The summed E-state index contributed by atoms with van der Waals surface area (Å²) in [5, 5.41) is 3.82. The Bertz CT molecular complexity index is 912. The van der Waals surface area contributed by atoms with E-state index in [0.717, 1.165) is 41.7 Å². The minimum atomic E-state index is -0.347. The summed E-state index contributed by atoms with van der Waals surface area (Å²) in [6.45, 7) is 4.82. The predicted molar refractivity (Wildman–Crippen MR) is 119 cm³/mol. The van der Waals surface area contributed by atoms with E-state index in [2.05, 4.69) is 15.2 Å². The zero-order valence-corrected chi connectivity index (χ0v) is 18.8. The SMILES string of the molecule is COCCNC(=O)c1sc2ncccc2c1[C@@H]1CN(C(=O)CN2CCCCC2)CCO1. The van der Waals surface area contributed by atoms with Gasteiger partial charge in [0.1, 0.15) is 15.8 Å². The van der Waals surface area contributed by atoms with Gasteiger partial charge >= 0.3 is 0 Å². The fraction of sp³-hybridized carbons (Fsp3) is 0.591. The number of carbonyl (C=O) groups is 2. The Morgan fingerprint density at radius 2 is 2.13 bits per heavy atom. The van der Waals surface area contributed by atoms with Crippen LogP contribution >= 0.6 is 11.3 Å². The van der Waals surface area contributed by atoms with E-state index in [4.69, 9.17) is 9.47 Å². The average Bonchev–Trinajstić information content (AvgIpc) is 3.20. The normalized spacial score (nSPS) is 20.2. The van der Waals surface area contributed by atoms with Crippen LogP contribution in [0.3, 0.4) is 0 Å². The number of thiophene rings is 1. The topological polar surface area (TPSA) is 84.0 Å². The van der Waals surface area contributed by atoms with Gasteiger partial charge in [-0.25, -0.2) is 4.98 Å². The van der Waals surface area contributed by atoms with Crippen LogP contribution in [0.1, 0.15) is 40.6 Å². The molecule has 0 radical (unpaired) electrons. The van der Waals surface area contributed by atoms with Gasteiger partial charge in [-0.3, -0.25) is 14.5 Å². The summed E-state index contributed by atoms with van der Waals surface area (Å²) in [5.74, 6) is -0.0191. The highest BCUT2D eigenvalue weighted by molar-refractivity contribution is 7.20. The first-order valence-electron chi connectivity index (χ1n) is 10.9. The molecule has 1 N–H and O–H groups in total. The molecule has 0 aliphatic carbocycles. The second-order valence-corrected chi connectivity index (χ2v) is 8.98. The number of fused-ring (bicyclic) bond motifs is 1. The molecule has 0 unspecified atom stereocenters. The molecule has 8 nitrogen and oxygen atoms in total. The maximum atomic E-state index is 13.0. The van der Waals surface area contributed by atoms with Gasteiger partial charge in [0.2, 0.25) is 5.91 Å². The third-order valence-electron chi connectivity index (χ3n) is 5.85. The second kappa shape index (κ2) is 10.5. The molecule has 1 atom stereocenters. The van der Waals surface area contributed by atoms with Crippen LogP contribution in [0.25, 0.3) is 10.2 Å². The zero-order valence-electron chi connectivity index (χ0n) is 18.0. The molecule has 4 heterocycles. The summed E-state index contributed by atoms with van der Waals surface area (Å²) in [6.07, 6.45) is 4.95. The number of aromatic nitrogens is 1. The number of carbonyl (C=O) groups excluding carboxylic acids is 2. The molecule has 4 rings (SSSR count). The van der Waals surface area contributed by atoms with Crippen LogP contribution in [-0.4, -0.2) is 86.2 Å². The van der Waals surface area contributed by atoms with E-state index in [1.165, 1.54) is 17.8 Å². The third kappa shape index (κ3) is 5.23. The molecule has 0 bridgehead atoms. The van der Waals surface area contributed by atoms with Crippen LogP contribution in [0, 0.1) is 0 Å². The molecule has 9 heteroatoms. The van der Waals surface area contributed by atoms with Crippen LogP contribution in [0.2, 0.25) is 0 Å². The molecular formula is C22H30N4O4S. The second-order valence-electron chi connectivity index (χ2n) is 7.99. The van der Waals surface area contributed by atoms with Crippen molar-refractivity contribution in [3.63, 3.8) is 0 Å². The Labute approximate surface area is 186 Å². The van der Waals surface area contributed by atoms with Crippen molar-refractivity contribution in [3.8, 4) is 0 Å². The molecule has 2 amide bonds. The van der Waals surface area contributed by atoms with Gasteiger partial charge < -0.3 is 19.7 Å². The lowest BCUT2D eigenvalue weighted by molar-refractivity contribution is -0.140. The summed E-state index contributed by atoms with van der Waals surface area (Å²) >= 11 is 1.37. The van der Waals surface area contributed by atoms with Crippen molar-refractivity contribution in [1.29, 1.82) is 0 Å². The van der Waals surface area contributed by atoms with Crippen LogP contribution in [0.5, 0.6) is 0 Å². The number of nitrogens with one attached hydrogen (secondary N) is 1. The van der Waals surface area contributed by atoms with Gasteiger partial charge in [-0.05, 0) is 32.0 Å². The number of amides is 2. The highest BCUT2D eigenvalue weighted by atomic mass is 32.1. The summed E-state index contributed by atoms with van der Waals surface area (Å²) < 4.78 is 11.1. The number of nitrogens with zero attached hydrogens (tertiary/aromatic N) is 3. The number of morpholine rings is 1. The Hall–Kier alpha value is -2.07. The molecule has 0 aromatic carbocycles. The summed E-state index contributed by atoms with van der Waals surface area (Å²) in [7, 11) is 1.60. The molecule has 2 aliphatic heterocycles. The molecule has 168 valence electrons. The smallest absolute Gasteiger partial charge is 0.261 e. The van der Waals surface area contributed by atoms with Crippen LogP contribution < -0.4 is 5.32 Å². The lowest BCUT2D eigenvalue weighted by Crippen LogP contribution is -2.47. The van der Waals surface area contributed by atoms with Crippen molar-refractivity contribution < 1.29 is 19.1 Å². The number of ether oxygens (including phenoxy) is 2. The minimum absolute atomic E-state index is 0.138. The van der Waals surface area contributed by atoms with Gasteiger partial charge in [0, 0.05) is 37.3 Å². The van der Waals surface area contributed by atoms with Crippen molar-refractivity contribution >= 4 is 33.4 Å². The number of likely N-dealkylation sites (tertiary alicyclic amines) is 1. The van der Waals surface area contributed by atoms with Gasteiger partial charge in [0.15, 0.2) is 0 Å². The predicted octanol–water partition coefficient (Wildman–Crippen LogP) is 2.06. The number of rotatable bonds is 7. The van der Waals surface area contributed by atoms with E-state index < -0.39 is 0 Å². The molecule has 31 heavy (non-hydrogen) atoms. The lowest BCUT2D eigenvalue weighted by Gasteiger charge is -2.35. The largest absolute Gasteiger partial charge is 0.383 e. The highest BCUT2D eigenvalue weighted by Crippen LogP contribution is 2.37. The van der Waals surface area contributed by atoms with Crippen molar-refractivity contribution in [2.75, 3.05) is 59.6 Å². The molecule has 0 spiro atoms. The van der Waals surface area contributed by atoms with E-state index in [9.17, 15) is 9.59 Å². The van der Waals surface area contributed by atoms with Gasteiger partial charge in [-0.2, -0.15) is 0 Å². The van der Waals surface area contributed by atoms with E-state index >= 15 is 0 Å². The number of methoxy groups -OCH3 is 1. The quantitative estimate of drug-likeness (QED) is 0.656. The van der Waals surface area contributed by atoms with Crippen molar-refractivity contribution in [1.82, 2.24) is 20.1 Å². The Morgan fingerprint density at radius 3 is 2.94 bits per heavy atom. The minimum Gasteiger partial charge on any atom is -0.383 e. The van der Waals surface area contributed by atoms with E-state index in [0.29, 0.717) is 44.3 Å². The Balaban J connectivity index is 1.53. The van der Waals surface area contributed by atoms with Gasteiger partial charge in [-0.1, -0.05) is 12.5 Å². The van der Waals surface area contributed by atoms with Gasteiger partial charge in [0.25, 0.3) is 5.91 Å². The molecule has 2 aromatic heterocycles. The Morgan fingerprint density at radius 1 is 1.29 bits per heavy atom. The summed E-state index contributed by atoms with van der Waals surface area (Å²) in [4.78, 5) is 35.8. The van der Waals surface area contributed by atoms with Gasteiger partial charge in [-0.15, -0.1) is 11.3 Å². The van der Waals surface area contributed by atoms with E-state index in [-0.39, 0.29) is 17.9 Å². The van der Waals surface area contributed by atoms with Crippen molar-refractivity contribution in [2.24, 2.45) is 0 Å². The first-order chi connectivity index (χ1) is 15.2. The zero-order chi connectivity index (χ0) is 21.6. The standard InChI is InChI=1S/C22H30N4O4S/c1-29-12-8-23-21(28)20-19(16-6-5-7-24-22(16)31-20)17-14-26(11-13-30-17)18(27)15-25-9-3-2-4-10-25/h5-7,17H,2-4,8-15H2,1H3,(H,23,28)/t17-/m0/s1. The molecule has 2 aliphatic rings. The number of hydrogen-bond acceptors (Lipinski definition) is 7. The van der Waals surface area contributed by atoms with Crippen LogP contribution in [0.15, 0.2) is 18.3 Å². The van der Waals surface area contributed by atoms with Gasteiger partial charge in [0.05, 0.1) is 26.3 Å². The molecule has 2 fully saturated rings. The van der Waals surface area contributed by atoms with Crippen LogP contribution in [0.4, 0.5) is 0 Å². The molecule has 0 saturated carbocycles. The number of hydrogen-bond donors (Lipinski definition) is 1. The maximum absolute atomic E-state index is 13.0. The highest BCUT2D eigenvalue weighted by Gasteiger charge is 2.32. The number of pyridine rings is 1. The molecule has 2 saturated heterocycles. The molecular weight excluding hydrogens is 416 g/mol. The third-order valence-corrected chi connectivity index (χ3v) is 6.98. The number of piperidine rings is 1. The monoisotopic (exact) mass is 446 g/mol. The molecule has 2 aromatic rings. The van der Waals surface area contributed by atoms with E-state index in [1.54, 1.807) is 13.3 Å². The fourth-order valence-electron chi connectivity index (χ4n) is 4.25. The average molecular weight is 447 g/mol. The summed E-state index contributed by atoms with van der Waals surface area (Å²) in [6, 6.07) is 3.84. The first-order valence-corrected chi connectivity index (χ1v) is 11.8. The fourth-order valence-corrected chi connectivity index (χ4v) is 5.36. The summed E-state index contributed by atoms with van der Waals surface area (Å²) in [5.41, 5.74) is 0.832. The van der Waals surface area contributed by atoms with E-state index in [1.807, 2.05) is 17.0 Å². The lowest BCUT2D eigenvalue weighted by atomic mass is 10.0. The van der Waals surface area contributed by atoms with Crippen molar-refractivity contribution in [2.45, 2.75) is 25.4 Å².